The summed E-state index contributed by atoms with van der Waals surface area (Å²) >= 11 is 10.2. The van der Waals surface area contributed by atoms with Crippen LogP contribution < -0.4 is 26.0 Å². The Balaban J connectivity index is 1.91. The van der Waals surface area contributed by atoms with Crippen molar-refractivity contribution in [2.24, 2.45) is 0 Å². The molecule has 0 aliphatic carbocycles. The molecule has 2 amide bonds. The third kappa shape index (κ3) is 7.76. The van der Waals surface area contributed by atoms with Crippen LogP contribution in [0.15, 0.2) is 48.5 Å². The van der Waals surface area contributed by atoms with Gasteiger partial charge in [0, 0.05) is 23.9 Å². The van der Waals surface area contributed by atoms with Crippen LogP contribution in [0.2, 0.25) is 0 Å². The minimum atomic E-state index is -0.332. The summed E-state index contributed by atoms with van der Waals surface area (Å²) in [6.07, 6.45) is 0.939. The fourth-order valence-electron chi connectivity index (χ4n) is 2.32. The molecule has 0 spiro atoms. The Kier molecular flexibility index (Phi) is 8.70. The first-order valence-corrected chi connectivity index (χ1v) is 10.2. The first kappa shape index (κ1) is 23.2. The molecular weight excluding hydrogens is 420 g/mol. The average Bonchev–Trinajstić information content (AvgIpc) is 2.68. The zero-order valence-corrected chi connectivity index (χ0v) is 18.6. The molecule has 0 saturated heterocycles. The number of nitrogens with one attached hydrogen (secondary N) is 4. The third-order valence-corrected chi connectivity index (χ3v) is 4.33. The van der Waals surface area contributed by atoms with Crippen molar-refractivity contribution in [1.82, 2.24) is 10.6 Å². The van der Waals surface area contributed by atoms with Crippen molar-refractivity contribution in [1.29, 1.82) is 0 Å². The first-order valence-electron chi connectivity index (χ1n) is 9.34. The number of amides is 2. The number of ether oxygens (including phenoxy) is 1. The second-order valence-electron chi connectivity index (χ2n) is 6.49. The van der Waals surface area contributed by atoms with E-state index in [1.54, 1.807) is 42.5 Å². The zero-order chi connectivity index (χ0) is 22.1. The minimum absolute atomic E-state index is 0.0658. The van der Waals surface area contributed by atoms with Crippen LogP contribution in [0.1, 0.15) is 37.6 Å². The van der Waals surface area contributed by atoms with E-state index in [9.17, 15) is 9.59 Å². The molecule has 7 nitrogen and oxygen atoms in total. The predicted molar refractivity (Wildman–Crippen MR) is 127 cm³/mol. The lowest BCUT2D eigenvalue weighted by Crippen LogP contribution is -2.34. The molecule has 0 heterocycles. The van der Waals surface area contributed by atoms with Gasteiger partial charge in [0.05, 0.1) is 6.10 Å². The Morgan fingerprint density at radius 2 is 1.53 bits per heavy atom. The van der Waals surface area contributed by atoms with Gasteiger partial charge in [0.1, 0.15) is 5.75 Å². The summed E-state index contributed by atoms with van der Waals surface area (Å²) in [4.78, 5) is 23.4. The Hall–Kier alpha value is -3.04. The average molecular weight is 445 g/mol. The smallest absolute Gasteiger partial charge is 0.257 e. The van der Waals surface area contributed by atoms with E-state index in [4.69, 9.17) is 29.2 Å². The van der Waals surface area contributed by atoms with Crippen molar-refractivity contribution >= 4 is 57.8 Å². The summed E-state index contributed by atoms with van der Waals surface area (Å²) in [5, 5.41) is 11.4. The lowest BCUT2D eigenvalue weighted by Gasteiger charge is -2.14. The number of hydrogen-bond donors (Lipinski definition) is 4. The molecule has 2 rings (SSSR count). The summed E-state index contributed by atoms with van der Waals surface area (Å²) in [5.74, 6) is 0.0565. The van der Waals surface area contributed by atoms with Gasteiger partial charge in [-0.1, -0.05) is 13.0 Å². The number of anilines is 2. The van der Waals surface area contributed by atoms with E-state index in [1.807, 2.05) is 19.9 Å². The fourth-order valence-corrected chi connectivity index (χ4v) is 2.80. The van der Waals surface area contributed by atoms with E-state index >= 15 is 0 Å². The molecule has 1 atom stereocenters. The van der Waals surface area contributed by atoms with Gasteiger partial charge in [-0.15, -0.1) is 0 Å². The fraction of sp³-hybridized carbons (Fsp3) is 0.238. The van der Waals surface area contributed by atoms with Crippen LogP contribution >= 0.6 is 24.4 Å². The van der Waals surface area contributed by atoms with Crippen molar-refractivity contribution in [3.05, 3.63) is 54.1 Å². The molecule has 9 heteroatoms. The maximum absolute atomic E-state index is 12.5. The van der Waals surface area contributed by atoms with E-state index in [-0.39, 0.29) is 28.1 Å². The van der Waals surface area contributed by atoms with Crippen LogP contribution in [-0.4, -0.2) is 28.1 Å². The van der Waals surface area contributed by atoms with Gasteiger partial charge in [-0.25, -0.2) is 0 Å². The maximum Gasteiger partial charge on any atom is 0.257 e. The molecule has 0 bridgehead atoms. The van der Waals surface area contributed by atoms with Gasteiger partial charge >= 0.3 is 0 Å². The second kappa shape index (κ2) is 11.2. The number of benzene rings is 2. The van der Waals surface area contributed by atoms with Gasteiger partial charge in [-0.05, 0) is 80.2 Å². The summed E-state index contributed by atoms with van der Waals surface area (Å²) in [5.41, 5.74) is 1.84. The highest BCUT2D eigenvalue weighted by atomic mass is 32.1. The minimum Gasteiger partial charge on any atom is -0.491 e. The van der Waals surface area contributed by atoms with E-state index in [1.165, 1.54) is 6.92 Å². The van der Waals surface area contributed by atoms with Crippen molar-refractivity contribution in [2.75, 3.05) is 10.6 Å². The Labute approximate surface area is 186 Å². The molecular formula is C21H24N4O3S2. The predicted octanol–water partition coefficient (Wildman–Crippen LogP) is 3.82. The van der Waals surface area contributed by atoms with E-state index < -0.39 is 0 Å². The quantitative estimate of drug-likeness (QED) is 0.504. The van der Waals surface area contributed by atoms with E-state index in [2.05, 4.69) is 21.3 Å². The van der Waals surface area contributed by atoms with Crippen LogP contribution in [0.5, 0.6) is 5.75 Å². The monoisotopic (exact) mass is 444 g/mol. The SMILES string of the molecule is CCC(C)Oc1cccc(C(=O)NC(=S)Nc2ccc(NC(=S)NC(C)=O)cc2)c1. The first-order chi connectivity index (χ1) is 14.3. The summed E-state index contributed by atoms with van der Waals surface area (Å²) < 4.78 is 5.75. The topological polar surface area (TPSA) is 91.5 Å². The largest absolute Gasteiger partial charge is 0.491 e. The van der Waals surface area contributed by atoms with Gasteiger partial charge in [0.25, 0.3) is 5.91 Å². The highest BCUT2D eigenvalue weighted by molar-refractivity contribution is 7.80. The van der Waals surface area contributed by atoms with Gasteiger partial charge in [0.2, 0.25) is 5.91 Å². The number of carbonyl (C=O) groups excluding carboxylic acids is 2. The second-order valence-corrected chi connectivity index (χ2v) is 7.30. The standard InChI is InChI=1S/C21H24N4O3S2/c1-4-13(2)28-18-7-5-6-15(12-18)19(27)25-21(30)24-17-10-8-16(9-11-17)23-20(29)22-14(3)26/h5-13H,4H2,1-3H3,(H2,22,23,26,29)(H2,24,25,27,30). The third-order valence-electron chi connectivity index (χ3n) is 3.93. The maximum atomic E-state index is 12.5. The summed E-state index contributed by atoms with van der Waals surface area (Å²) in [7, 11) is 0. The molecule has 1 unspecified atom stereocenters. The molecule has 0 fully saturated rings. The number of thiocarbonyl (C=S) groups is 2. The number of rotatable bonds is 6. The Morgan fingerprint density at radius 3 is 2.07 bits per heavy atom. The highest BCUT2D eigenvalue weighted by Crippen LogP contribution is 2.16. The number of hydrogen-bond acceptors (Lipinski definition) is 5. The zero-order valence-electron chi connectivity index (χ0n) is 16.9. The van der Waals surface area contributed by atoms with Crippen LogP contribution in [0.3, 0.4) is 0 Å². The molecule has 4 N–H and O–H groups in total. The number of carbonyl (C=O) groups is 2. The molecule has 2 aromatic carbocycles. The van der Waals surface area contributed by atoms with E-state index in [0.717, 1.165) is 6.42 Å². The van der Waals surface area contributed by atoms with Crippen molar-refractivity contribution < 1.29 is 14.3 Å². The molecule has 0 aliphatic rings. The lowest BCUT2D eigenvalue weighted by atomic mass is 10.2. The highest BCUT2D eigenvalue weighted by Gasteiger charge is 2.10. The van der Waals surface area contributed by atoms with Crippen LogP contribution in [-0.2, 0) is 4.79 Å². The summed E-state index contributed by atoms with van der Waals surface area (Å²) in [6.45, 7) is 5.39. The molecule has 0 aliphatic heterocycles. The normalized spacial score (nSPS) is 11.0. The summed E-state index contributed by atoms with van der Waals surface area (Å²) in [6, 6.07) is 14.0. The van der Waals surface area contributed by atoms with Crippen LogP contribution in [0.4, 0.5) is 11.4 Å². The molecule has 0 aromatic heterocycles. The van der Waals surface area contributed by atoms with Crippen LogP contribution in [0.25, 0.3) is 0 Å². The van der Waals surface area contributed by atoms with Gasteiger partial charge in [-0.3, -0.25) is 14.9 Å². The Morgan fingerprint density at radius 1 is 0.967 bits per heavy atom. The van der Waals surface area contributed by atoms with Crippen LogP contribution in [0, 0.1) is 0 Å². The molecule has 158 valence electrons. The van der Waals surface area contributed by atoms with Crippen molar-refractivity contribution in [3.8, 4) is 5.75 Å². The molecule has 0 saturated carbocycles. The molecule has 0 radical (unpaired) electrons. The van der Waals surface area contributed by atoms with Gasteiger partial charge < -0.3 is 20.7 Å². The Bertz CT molecular complexity index is 932. The molecule has 30 heavy (non-hydrogen) atoms. The molecule has 2 aromatic rings. The van der Waals surface area contributed by atoms with E-state index in [0.29, 0.717) is 22.7 Å². The van der Waals surface area contributed by atoms with Crippen molar-refractivity contribution in [2.45, 2.75) is 33.3 Å². The van der Waals surface area contributed by atoms with Crippen molar-refractivity contribution in [3.63, 3.8) is 0 Å². The lowest BCUT2D eigenvalue weighted by molar-refractivity contribution is -0.117. The van der Waals surface area contributed by atoms with Gasteiger partial charge in [-0.2, -0.15) is 0 Å². The van der Waals surface area contributed by atoms with Gasteiger partial charge in [0.15, 0.2) is 10.2 Å².